The second-order valence-electron chi connectivity index (χ2n) is 5.70. The molecule has 1 aromatic carbocycles. The second kappa shape index (κ2) is 7.77. The number of unbranched alkanes of at least 4 members (excludes halogenated alkanes) is 1. The summed E-state index contributed by atoms with van der Waals surface area (Å²) in [6, 6.07) is 7.60. The molecule has 2 rings (SSSR count). The molecule has 0 saturated carbocycles. The number of halogens is 1. The van der Waals surface area contributed by atoms with Gasteiger partial charge in [-0.15, -0.1) is 0 Å². The first-order valence-corrected chi connectivity index (χ1v) is 8.26. The summed E-state index contributed by atoms with van der Waals surface area (Å²) in [5.74, 6) is 0.564. The number of hydrogen-bond acceptors (Lipinski definition) is 2. The van der Waals surface area contributed by atoms with Gasteiger partial charge >= 0.3 is 0 Å². The molecule has 0 spiro atoms. The van der Waals surface area contributed by atoms with Crippen molar-refractivity contribution in [3.63, 3.8) is 0 Å². The molecular weight excluding hydrogens is 282 g/mol. The molecule has 1 aromatic heterocycles. The Bertz CT molecular complexity index is 584. The fourth-order valence-corrected chi connectivity index (χ4v) is 3.07. The maximum absolute atomic E-state index is 10.6. The van der Waals surface area contributed by atoms with Crippen LogP contribution in [0.1, 0.15) is 57.6 Å². The van der Waals surface area contributed by atoms with Crippen molar-refractivity contribution in [3.8, 4) is 0 Å². The fourth-order valence-electron chi connectivity index (χ4n) is 2.85. The van der Waals surface area contributed by atoms with E-state index in [1.165, 1.54) is 19.3 Å². The van der Waals surface area contributed by atoms with Gasteiger partial charge in [-0.05, 0) is 30.5 Å². The molecule has 0 saturated heterocycles. The quantitative estimate of drug-likeness (QED) is 0.729. The van der Waals surface area contributed by atoms with E-state index in [1.807, 2.05) is 24.3 Å². The molecule has 2 unspecified atom stereocenters. The maximum Gasteiger partial charge on any atom is 0.0813 e. The van der Waals surface area contributed by atoms with Crippen molar-refractivity contribution in [1.29, 1.82) is 0 Å². The van der Waals surface area contributed by atoms with E-state index < -0.39 is 6.10 Å². The second-order valence-corrected chi connectivity index (χ2v) is 6.11. The van der Waals surface area contributed by atoms with Crippen LogP contribution in [0.25, 0.3) is 10.9 Å². The number of pyridine rings is 1. The molecule has 0 radical (unpaired) electrons. The van der Waals surface area contributed by atoms with Crippen molar-refractivity contribution in [2.75, 3.05) is 0 Å². The molecule has 0 aliphatic carbocycles. The molecule has 0 bridgehead atoms. The Kier molecular flexibility index (Phi) is 6.01. The van der Waals surface area contributed by atoms with Gasteiger partial charge in [0.15, 0.2) is 0 Å². The van der Waals surface area contributed by atoms with Gasteiger partial charge < -0.3 is 5.11 Å². The Morgan fingerprint density at radius 3 is 2.76 bits per heavy atom. The number of benzene rings is 1. The number of aliphatic hydroxyl groups is 1. The van der Waals surface area contributed by atoms with Crippen LogP contribution in [0.3, 0.4) is 0 Å². The lowest BCUT2D eigenvalue weighted by atomic mass is 9.90. The topological polar surface area (TPSA) is 33.1 Å². The summed E-state index contributed by atoms with van der Waals surface area (Å²) < 4.78 is 0. The minimum absolute atomic E-state index is 0.471. The summed E-state index contributed by atoms with van der Waals surface area (Å²) in [5.41, 5.74) is 1.72. The van der Waals surface area contributed by atoms with Gasteiger partial charge in [-0.3, -0.25) is 4.98 Å². The number of rotatable bonds is 7. The van der Waals surface area contributed by atoms with Crippen LogP contribution in [0.2, 0.25) is 5.02 Å². The maximum atomic E-state index is 10.6. The van der Waals surface area contributed by atoms with Crippen LogP contribution in [0.5, 0.6) is 0 Å². The Morgan fingerprint density at radius 2 is 2.05 bits per heavy atom. The minimum Gasteiger partial charge on any atom is -0.388 e. The highest BCUT2D eigenvalue weighted by Crippen LogP contribution is 2.32. The molecule has 3 heteroatoms. The lowest BCUT2D eigenvalue weighted by molar-refractivity contribution is 0.140. The summed E-state index contributed by atoms with van der Waals surface area (Å²) in [4.78, 5) is 4.41. The van der Waals surface area contributed by atoms with Crippen molar-refractivity contribution < 1.29 is 5.11 Å². The highest BCUT2D eigenvalue weighted by Gasteiger charge is 2.18. The summed E-state index contributed by atoms with van der Waals surface area (Å²) >= 11 is 6.21. The molecule has 21 heavy (non-hydrogen) atoms. The summed E-state index contributed by atoms with van der Waals surface area (Å²) in [6.45, 7) is 4.41. The van der Waals surface area contributed by atoms with Crippen LogP contribution < -0.4 is 0 Å². The largest absolute Gasteiger partial charge is 0.388 e. The monoisotopic (exact) mass is 305 g/mol. The van der Waals surface area contributed by atoms with Gasteiger partial charge in [0, 0.05) is 22.2 Å². The number of aromatic nitrogens is 1. The molecule has 0 aliphatic heterocycles. The van der Waals surface area contributed by atoms with Crippen molar-refractivity contribution in [1.82, 2.24) is 4.98 Å². The summed E-state index contributed by atoms with van der Waals surface area (Å²) in [6.07, 6.45) is 6.80. The lowest BCUT2D eigenvalue weighted by Gasteiger charge is -2.20. The van der Waals surface area contributed by atoms with Gasteiger partial charge in [0.1, 0.15) is 0 Å². The number of aliphatic hydroxyl groups excluding tert-OH is 1. The zero-order valence-corrected chi connectivity index (χ0v) is 13.6. The third-order valence-corrected chi connectivity index (χ3v) is 4.54. The third kappa shape index (κ3) is 3.96. The van der Waals surface area contributed by atoms with Gasteiger partial charge in [0.2, 0.25) is 0 Å². The van der Waals surface area contributed by atoms with Crippen LogP contribution in [0.4, 0.5) is 0 Å². The Hall–Kier alpha value is -1.12. The molecule has 0 amide bonds. The average Bonchev–Trinajstić information content (AvgIpc) is 2.51. The molecule has 114 valence electrons. The van der Waals surface area contributed by atoms with Crippen LogP contribution >= 0.6 is 11.6 Å². The Labute approximate surface area is 132 Å². The van der Waals surface area contributed by atoms with Crippen LogP contribution in [0, 0.1) is 5.92 Å². The van der Waals surface area contributed by atoms with E-state index in [2.05, 4.69) is 18.8 Å². The van der Waals surface area contributed by atoms with Gasteiger partial charge in [0.05, 0.1) is 11.6 Å². The van der Waals surface area contributed by atoms with Gasteiger partial charge in [-0.25, -0.2) is 0 Å². The molecule has 0 fully saturated rings. The normalized spacial score (nSPS) is 14.3. The van der Waals surface area contributed by atoms with E-state index in [0.717, 1.165) is 29.3 Å². The first-order chi connectivity index (χ1) is 10.2. The molecule has 1 heterocycles. The van der Waals surface area contributed by atoms with Crippen molar-refractivity contribution in [3.05, 3.63) is 41.0 Å². The molecule has 2 aromatic rings. The lowest BCUT2D eigenvalue weighted by Crippen LogP contribution is -2.08. The number of fused-ring (bicyclic) bond motifs is 1. The predicted octanol–water partition coefficient (Wildman–Crippen LogP) is 5.53. The first kappa shape index (κ1) is 16.3. The zero-order valence-electron chi connectivity index (χ0n) is 12.8. The van der Waals surface area contributed by atoms with Crippen LogP contribution in [-0.4, -0.2) is 10.1 Å². The standard InChI is InChI=1S/C18H24ClNO/c1-3-5-7-13(4-2)12-17(21)15-9-10-16(19)14-8-6-11-20-18(14)15/h6,8-11,13,17,21H,3-5,7,12H2,1-2H3. The summed E-state index contributed by atoms with van der Waals surface area (Å²) in [7, 11) is 0. The number of nitrogens with zero attached hydrogens (tertiary/aromatic N) is 1. The van der Waals surface area contributed by atoms with Crippen molar-refractivity contribution >= 4 is 22.5 Å². The molecular formula is C18H24ClNO. The van der Waals surface area contributed by atoms with Crippen LogP contribution in [0.15, 0.2) is 30.5 Å². The van der Waals surface area contributed by atoms with E-state index in [4.69, 9.17) is 11.6 Å². The van der Waals surface area contributed by atoms with E-state index in [9.17, 15) is 5.11 Å². The van der Waals surface area contributed by atoms with Crippen molar-refractivity contribution in [2.24, 2.45) is 5.92 Å². The minimum atomic E-state index is -0.471. The Balaban J connectivity index is 2.23. The van der Waals surface area contributed by atoms with Gasteiger partial charge in [0.25, 0.3) is 0 Å². The van der Waals surface area contributed by atoms with Gasteiger partial charge in [-0.1, -0.05) is 57.2 Å². The molecule has 1 N–H and O–H groups in total. The molecule has 2 atom stereocenters. The summed E-state index contributed by atoms with van der Waals surface area (Å²) in [5, 5.41) is 12.2. The zero-order chi connectivity index (χ0) is 15.2. The first-order valence-electron chi connectivity index (χ1n) is 7.88. The molecule has 0 aliphatic rings. The SMILES string of the molecule is CCCCC(CC)CC(O)c1ccc(Cl)c2cccnc12. The average molecular weight is 306 g/mol. The highest BCUT2D eigenvalue weighted by molar-refractivity contribution is 6.35. The van der Waals surface area contributed by atoms with E-state index in [1.54, 1.807) is 6.20 Å². The molecule has 2 nitrogen and oxygen atoms in total. The van der Waals surface area contributed by atoms with Crippen molar-refractivity contribution in [2.45, 2.75) is 52.1 Å². The van der Waals surface area contributed by atoms with Gasteiger partial charge in [-0.2, -0.15) is 0 Å². The third-order valence-electron chi connectivity index (χ3n) is 4.21. The van der Waals surface area contributed by atoms with E-state index >= 15 is 0 Å². The van der Waals surface area contributed by atoms with Crippen LogP contribution in [-0.2, 0) is 0 Å². The highest BCUT2D eigenvalue weighted by atomic mass is 35.5. The predicted molar refractivity (Wildman–Crippen MR) is 89.6 cm³/mol. The van der Waals surface area contributed by atoms with E-state index in [-0.39, 0.29) is 0 Å². The fraction of sp³-hybridized carbons (Fsp3) is 0.500. The number of hydrogen-bond donors (Lipinski definition) is 1. The van der Waals surface area contributed by atoms with E-state index in [0.29, 0.717) is 10.9 Å². The smallest absolute Gasteiger partial charge is 0.0813 e. The Morgan fingerprint density at radius 1 is 1.24 bits per heavy atom.